The molecule has 1 aliphatic rings. The summed E-state index contributed by atoms with van der Waals surface area (Å²) in [5, 5.41) is 6.97. The van der Waals surface area contributed by atoms with Crippen LogP contribution in [0.3, 0.4) is 0 Å². The van der Waals surface area contributed by atoms with Crippen LogP contribution < -0.4 is 0 Å². The van der Waals surface area contributed by atoms with Crippen LogP contribution in [0.25, 0.3) is 0 Å². The van der Waals surface area contributed by atoms with E-state index >= 15 is 0 Å². The number of carbonyl (C=O) groups is 2. The van der Waals surface area contributed by atoms with Crippen molar-refractivity contribution in [3.8, 4) is 0 Å². The molecule has 0 atom stereocenters. The van der Waals surface area contributed by atoms with E-state index in [-0.39, 0.29) is 30.9 Å². The van der Waals surface area contributed by atoms with Crippen LogP contribution in [-0.4, -0.2) is 46.2 Å². The summed E-state index contributed by atoms with van der Waals surface area (Å²) < 4.78 is 4.93. The van der Waals surface area contributed by atoms with E-state index in [1.165, 1.54) is 0 Å². The third-order valence-corrected chi connectivity index (χ3v) is 3.52. The van der Waals surface area contributed by atoms with Gasteiger partial charge in [0.25, 0.3) is 0 Å². The quantitative estimate of drug-likeness (QED) is 0.792. The van der Waals surface area contributed by atoms with Crippen molar-refractivity contribution in [2.75, 3.05) is 13.2 Å². The number of nitrogens with one attached hydrogen (secondary N) is 1. The summed E-state index contributed by atoms with van der Waals surface area (Å²) in [4.78, 5) is 25.6. The first-order valence-corrected chi connectivity index (χ1v) is 6.98. The van der Waals surface area contributed by atoms with E-state index in [4.69, 9.17) is 4.74 Å². The van der Waals surface area contributed by atoms with Crippen LogP contribution in [0.1, 0.15) is 36.7 Å². The zero-order valence-electron chi connectivity index (χ0n) is 12.2. The van der Waals surface area contributed by atoms with Crippen molar-refractivity contribution in [1.29, 1.82) is 0 Å². The molecule has 6 nitrogen and oxygen atoms in total. The standard InChI is InChI=1S/C14H21N3O3/c1-4-20-14(19)8-17(11-5-6-11)13(18)7-12-9(2)15-16-10(12)3/h11H,4-8H2,1-3H3,(H,15,16). The number of carbonyl (C=O) groups excluding carboxylic acids is 2. The molecular formula is C14H21N3O3. The van der Waals surface area contributed by atoms with Gasteiger partial charge in [0.2, 0.25) is 5.91 Å². The number of aromatic amines is 1. The molecule has 1 saturated carbocycles. The fourth-order valence-electron chi connectivity index (χ4n) is 2.24. The van der Waals surface area contributed by atoms with Crippen molar-refractivity contribution in [3.05, 3.63) is 17.0 Å². The summed E-state index contributed by atoms with van der Waals surface area (Å²) in [5.74, 6) is -0.374. The second-order valence-electron chi connectivity index (χ2n) is 5.15. The molecule has 2 rings (SSSR count). The summed E-state index contributed by atoms with van der Waals surface area (Å²) in [6, 6.07) is 0.194. The smallest absolute Gasteiger partial charge is 0.325 e. The lowest BCUT2D eigenvalue weighted by atomic mass is 10.1. The number of ether oxygens (including phenoxy) is 1. The van der Waals surface area contributed by atoms with Gasteiger partial charge in [0, 0.05) is 17.3 Å². The minimum atomic E-state index is -0.339. The highest BCUT2D eigenvalue weighted by Gasteiger charge is 2.34. The molecule has 0 saturated heterocycles. The summed E-state index contributed by atoms with van der Waals surface area (Å²) in [5.41, 5.74) is 2.66. The van der Waals surface area contributed by atoms with Crippen LogP contribution in [0.2, 0.25) is 0 Å². The van der Waals surface area contributed by atoms with Crippen LogP contribution >= 0.6 is 0 Å². The molecule has 110 valence electrons. The topological polar surface area (TPSA) is 75.3 Å². The fourth-order valence-corrected chi connectivity index (χ4v) is 2.24. The predicted octanol–water partition coefficient (Wildman–Crippen LogP) is 1.12. The van der Waals surface area contributed by atoms with E-state index < -0.39 is 0 Å². The molecule has 0 aromatic carbocycles. The van der Waals surface area contributed by atoms with Gasteiger partial charge in [-0.25, -0.2) is 0 Å². The van der Waals surface area contributed by atoms with Crippen LogP contribution in [0.15, 0.2) is 0 Å². The second-order valence-corrected chi connectivity index (χ2v) is 5.15. The Morgan fingerprint density at radius 2 is 2.10 bits per heavy atom. The SMILES string of the molecule is CCOC(=O)CN(C(=O)Cc1c(C)n[nH]c1C)C1CC1. The molecule has 20 heavy (non-hydrogen) atoms. The van der Waals surface area contributed by atoms with Gasteiger partial charge in [-0.2, -0.15) is 5.10 Å². The average molecular weight is 279 g/mol. The van der Waals surface area contributed by atoms with E-state index in [0.717, 1.165) is 29.8 Å². The Balaban J connectivity index is 2.02. The maximum absolute atomic E-state index is 12.4. The first kappa shape index (κ1) is 14.6. The number of rotatable bonds is 6. The second kappa shape index (κ2) is 6.07. The zero-order valence-corrected chi connectivity index (χ0v) is 12.2. The van der Waals surface area contributed by atoms with Crippen molar-refractivity contribution in [2.45, 2.75) is 46.1 Å². The fraction of sp³-hybridized carbons (Fsp3) is 0.643. The first-order valence-electron chi connectivity index (χ1n) is 6.98. The van der Waals surface area contributed by atoms with Crippen molar-refractivity contribution in [1.82, 2.24) is 15.1 Å². The van der Waals surface area contributed by atoms with E-state index in [0.29, 0.717) is 6.61 Å². The summed E-state index contributed by atoms with van der Waals surface area (Å²) in [6.07, 6.45) is 2.22. The molecular weight excluding hydrogens is 258 g/mol. The Hall–Kier alpha value is -1.85. The number of esters is 1. The molecule has 0 radical (unpaired) electrons. The molecule has 1 aromatic rings. The molecule has 1 amide bonds. The van der Waals surface area contributed by atoms with Crippen molar-refractivity contribution < 1.29 is 14.3 Å². The monoisotopic (exact) mass is 279 g/mol. The highest BCUT2D eigenvalue weighted by atomic mass is 16.5. The van der Waals surface area contributed by atoms with E-state index in [2.05, 4.69) is 10.2 Å². The highest BCUT2D eigenvalue weighted by Crippen LogP contribution is 2.27. The van der Waals surface area contributed by atoms with Crippen LogP contribution in [-0.2, 0) is 20.7 Å². The van der Waals surface area contributed by atoms with E-state index in [1.807, 2.05) is 13.8 Å². The highest BCUT2D eigenvalue weighted by molar-refractivity contribution is 5.84. The molecule has 1 heterocycles. The van der Waals surface area contributed by atoms with Gasteiger partial charge in [0.05, 0.1) is 18.7 Å². The van der Waals surface area contributed by atoms with Gasteiger partial charge in [-0.15, -0.1) is 0 Å². The molecule has 0 spiro atoms. The molecule has 1 N–H and O–H groups in total. The number of hydrogen-bond donors (Lipinski definition) is 1. The van der Waals surface area contributed by atoms with Gasteiger partial charge >= 0.3 is 5.97 Å². The zero-order chi connectivity index (χ0) is 14.7. The Morgan fingerprint density at radius 3 is 2.60 bits per heavy atom. The van der Waals surface area contributed by atoms with Gasteiger partial charge in [0.1, 0.15) is 6.54 Å². The van der Waals surface area contributed by atoms with Crippen molar-refractivity contribution in [2.24, 2.45) is 0 Å². The molecule has 0 unspecified atom stereocenters. The average Bonchev–Trinajstić information content (AvgIpc) is 3.19. The molecule has 1 aliphatic carbocycles. The van der Waals surface area contributed by atoms with Gasteiger partial charge in [-0.1, -0.05) is 0 Å². The van der Waals surface area contributed by atoms with Crippen molar-refractivity contribution >= 4 is 11.9 Å². The molecule has 0 aliphatic heterocycles. The number of hydrogen-bond acceptors (Lipinski definition) is 4. The van der Waals surface area contributed by atoms with Gasteiger partial charge in [-0.05, 0) is 33.6 Å². The van der Waals surface area contributed by atoms with Crippen LogP contribution in [0.4, 0.5) is 0 Å². The molecule has 0 bridgehead atoms. The minimum Gasteiger partial charge on any atom is -0.465 e. The van der Waals surface area contributed by atoms with Gasteiger partial charge < -0.3 is 9.64 Å². The summed E-state index contributed by atoms with van der Waals surface area (Å²) in [7, 11) is 0. The normalized spacial score (nSPS) is 14.2. The Bertz CT molecular complexity index is 486. The minimum absolute atomic E-state index is 0.0341. The van der Waals surface area contributed by atoms with E-state index in [9.17, 15) is 9.59 Å². The molecule has 1 fully saturated rings. The number of aryl methyl sites for hydroxylation is 2. The Kier molecular flexibility index (Phi) is 4.42. The largest absolute Gasteiger partial charge is 0.465 e. The lowest BCUT2D eigenvalue weighted by molar-refractivity contribution is -0.149. The van der Waals surface area contributed by atoms with Crippen LogP contribution in [0, 0.1) is 13.8 Å². The maximum Gasteiger partial charge on any atom is 0.325 e. The summed E-state index contributed by atoms with van der Waals surface area (Å²) in [6.45, 7) is 5.92. The lowest BCUT2D eigenvalue weighted by Crippen LogP contribution is -2.39. The third kappa shape index (κ3) is 3.37. The third-order valence-electron chi connectivity index (χ3n) is 3.52. The van der Waals surface area contributed by atoms with Gasteiger partial charge in [0.15, 0.2) is 0 Å². The first-order chi connectivity index (χ1) is 9.52. The lowest BCUT2D eigenvalue weighted by Gasteiger charge is -2.21. The van der Waals surface area contributed by atoms with Crippen LogP contribution in [0.5, 0.6) is 0 Å². The molecule has 1 aromatic heterocycles. The Labute approximate surface area is 118 Å². The predicted molar refractivity (Wildman–Crippen MR) is 73.1 cm³/mol. The Morgan fingerprint density at radius 1 is 1.40 bits per heavy atom. The molecule has 6 heteroatoms. The van der Waals surface area contributed by atoms with Crippen molar-refractivity contribution in [3.63, 3.8) is 0 Å². The van der Waals surface area contributed by atoms with E-state index in [1.54, 1.807) is 11.8 Å². The number of aromatic nitrogens is 2. The van der Waals surface area contributed by atoms with Gasteiger partial charge in [-0.3, -0.25) is 14.7 Å². The number of H-pyrrole nitrogens is 1. The number of nitrogens with zero attached hydrogens (tertiary/aromatic N) is 2. The number of amides is 1. The summed E-state index contributed by atoms with van der Waals surface area (Å²) >= 11 is 0. The maximum atomic E-state index is 12.4.